The minimum absolute atomic E-state index is 0.0239. The summed E-state index contributed by atoms with van der Waals surface area (Å²) in [5, 5.41) is 10.0. The van der Waals surface area contributed by atoms with Gasteiger partial charge in [0.15, 0.2) is 0 Å². The molecule has 4 nitrogen and oxygen atoms in total. The zero-order chi connectivity index (χ0) is 23.6. The molecule has 4 aromatic rings. The van der Waals surface area contributed by atoms with Gasteiger partial charge >= 0.3 is 0 Å². The summed E-state index contributed by atoms with van der Waals surface area (Å²) < 4.78 is 8.91. The number of aliphatic hydroxyl groups is 1. The van der Waals surface area contributed by atoms with Crippen molar-refractivity contribution in [3.8, 4) is 39.7 Å². The van der Waals surface area contributed by atoms with E-state index in [-0.39, 0.29) is 12.7 Å². The third-order valence-electron chi connectivity index (χ3n) is 7.26. The molecule has 1 N–H and O–H groups in total. The number of aromatic nitrogens is 2. The van der Waals surface area contributed by atoms with Crippen molar-refractivity contribution in [2.45, 2.75) is 63.7 Å². The lowest BCUT2D eigenvalue weighted by atomic mass is 9.97. The molecular formula is C31H32N2O2. The van der Waals surface area contributed by atoms with Crippen molar-refractivity contribution >= 4 is 0 Å². The van der Waals surface area contributed by atoms with Crippen molar-refractivity contribution in [2.75, 3.05) is 0 Å². The van der Waals surface area contributed by atoms with Crippen LogP contribution in [0.2, 0.25) is 0 Å². The van der Waals surface area contributed by atoms with Crippen molar-refractivity contribution in [3.63, 3.8) is 0 Å². The third-order valence-corrected chi connectivity index (χ3v) is 7.26. The molecule has 0 aliphatic heterocycles. The first-order chi connectivity index (χ1) is 17.3. The summed E-state index contributed by atoms with van der Waals surface area (Å²) in [4.78, 5) is 5.28. The molecule has 2 aliphatic carbocycles. The van der Waals surface area contributed by atoms with Crippen LogP contribution in [0.1, 0.15) is 56.6 Å². The maximum atomic E-state index is 10.0. The summed E-state index contributed by atoms with van der Waals surface area (Å²) in [6.45, 7) is -0.0239. The Hall–Kier alpha value is -3.37. The molecule has 2 saturated carbocycles. The molecule has 4 heteroatoms. The fourth-order valence-electron chi connectivity index (χ4n) is 5.29. The molecule has 178 valence electrons. The van der Waals surface area contributed by atoms with Gasteiger partial charge in [0.2, 0.25) is 0 Å². The highest BCUT2D eigenvalue weighted by atomic mass is 16.5. The predicted octanol–water partition coefficient (Wildman–Crippen LogP) is 7.42. The van der Waals surface area contributed by atoms with E-state index in [0.717, 1.165) is 59.6 Å². The van der Waals surface area contributed by atoms with Gasteiger partial charge in [-0.05, 0) is 44.6 Å². The predicted molar refractivity (Wildman–Crippen MR) is 140 cm³/mol. The van der Waals surface area contributed by atoms with Crippen molar-refractivity contribution in [3.05, 3.63) is 84.4 Å². The van der Waals surface area contributed by atoms with Gasteiger partial charge in [0.05, 0.1) is 24.1 Å². The van der Waals surface area contributed by atoms with E-state index in [0.29, 0.717) is 6.04 Å². The van der Waals surface area contributed by atoms with Crippen LogP contribution in [-0.2, 0) is 6.61 Å². The molecule has 0 amide bonds. The lowest BCUT2D eigenvalue weighted by Crippen LogP contribution is -2.20. The van der Waals surface area contributed by atoms with Crippen molar-refractivity contribution in [1.82, 2.24) is 9.55 Å². The van der Waals surface area contributed by atoms with Crippen LogP contribution in [0.3, 0.4) is 0 Å². The molecule has 2 aliphatic rings. The van der Waals surface area contributed by atoms with Crippen LogP contribution in [0.15, 0.2) is 78.9 Å². The summed E-state index contributed by atoms with van der Waals surface area (Å²) in [7, 11) is 0. The second kappa shape index (κ2) is 9.71. The Balaban J connectivity index is 1.50. The Morgan fingerprint density at radius 1 is 0.771 bits per heavy atom. The number of rotatable bonds is 7. The van der Waals surface area contributed by atoms with E-state index >= 15 is 0 Å². The van der Waals surface area contributed by atoms with Crippen molar-refractivity contribution in [1.29, 1.82) is 0 Å². The van der Waals surface area contributed by atoms with Crippen LogP contribution in [0.25, 0.3) is 33.9 Å². The van der Waals surface area contributed by atoms with Crippen molar-refractivity contribution < 1.29 is 9.84 Å². The van der Waals surface area contributed by atoms with Crippen LogP contribution in [-0.4, -0.2) is 20.8 Å². The van der Waals surface area contributed by atoms with E-state index in [2.05, 4.69) is 71.3 Å². The van der Waals surface area contributed by atoms with Gasteiger partial charge in [-0.15, -0.1) is 0 Å². The van der Waals surface area contributed by atoms with Crippen LogP contribution in [0.4, 0.5) is 0 Å². The molecule has 0 radical (unpaired) electrons. The van der Waals surface area contributed by atoms with Gasteiger partial charge < -0.3 is 14.4 Å². The van der Waals surface area contributed by atoms with Gasteiger partial charge in [0.25, 0.3) is 0 Å². The van der Waals surface area contributed by atoms with E-state index < -0.39 is 0 Å². The fourth-order valence-corrected chi connectivity index (χ4v) is 5.29. The Morgan fingerprint density at radius 2 is 1.46 bits per heavy atom. The zero-order valence-electron chi connectivity index (χ0n) is 20.1. The summed E-state index contributed by atoms with van der Waals surface area (Å²) in [5.41, 5.74) is 6.38. The lowest BCUT2D eigenvalue weighted by molar-refractivity contribution is 0.150. The van der Waals surface area contributed by atoms with E-state index in [4.69, 9.17) is 9.72 Å². The first-order valence-corrected chi connectivity index (χ1v) is 13.0. The maximum Gasteiger partial charge on any atom is 0.141 e. The second-order valence-corrected chi connectivity index (χ2v) is 9.82. The molecule has 6 rings (SSSR count). The molecule has 2 fully saturated rings. The summed E-state index contributed by atoms with van der Waals surface area (Å²) in [6, 6.07) is 27.7. The van der Waals surface area contributed by atoms with Gasteiger partial charge in [-0.25, -0.2) is 4.98 Å². The maximum absolute atomic E-state index is 10.0. The zero-order valence-corrected chi connectivity index (χ0v) is 20.1. The summed E-state index contributed by atoms with van der Waals surface area (Å²) in [6.07, 6.45) is 8.44. The number of aliphatic hydroxyl groups excluding tert-OH is 1. The Morgan fingerprint density at radius 3 is 2.11 bits per heavy atom. The average molecular weight is 465 g/mol. The first kappa shape index (κ1) is 22.1. The Labute approximate surface area is 207 Å². The minimum Gasteiger partial charge on any atom is -0.490 e. The van der Waals surface area contributed by atoms with Gasteiger partial charge in [-0.1, -0.05) is 79.2 Å². The van der Waals surface area contributed by atoms with Crippen molar-refractivity contribution in [2.24, 2.45) is 0 Å². The molecule has 0 atom stereocenters. The molecule has 0 spiro atoms. The van der Waals surface area contributed by atoms with Gasteiger partial charge in [-0.2, -0.15) is 0 Å². The molecular weight excluding hydrogens is 432 g/mol. The SMILES string of the molecule is OCc1ccc(-c2nc(-c3ccccc3)c(-c3ccccc3)n2C2CC2)cc1OC1CCCCC1. The number of ether oxygens (including phenoxy) is 1. The Bertz CT molecular complexity index is 1290. The number of benzene rings is 3. The van der Waals surface area contributed by atoms with E-state index in [1.807, 2.05) is 12.1 Å². The smallest absolute Gasteiger partial charge is 0.141 e. The topological polar surface area (TPSA) is 47.3 Å². The number of hydrogen-bond acceptors (Lipinski definition) is 3. The molecule has 1 aromatic heterocycles. The van der Waals surface area contributed by atoms with Gasteiger partial charge in [0.1, 0.15) is 11.6 Å². The number of hydrogen-bond donors (Lipinski definition) is 1. The summed E-state index contributed by atoms with van der Waals surface area (Å²) >= 11 is 0. The van der Waals surface area contributed by atoms with Crippen LogP contribution in [0.5, 0.6) is 5.75 Å². The highest BCUT2D eigenvalue weighted by Crippen LogP contribution is 2.46. The molecule has 0 unspecified atom stereocenters. The lowest BCUT2D eigenvalue weighted by Gasteiger charge is -2.24. The van der Waals surface area contributed by atoms with Gasteiger partial charge in [-0.3, -0.25) is 0 Å². The highest BCUT2D eigenvalue weighted by molar-refractivity contribution is 5.82. The summed E-state index contributed by atoms with van der Waals surface area (Å²) in [5.74, 6) is 1.77. The molecule has 3 aromatic carbocycles. The van der Waals surface area contributed by atoms with Crippen LogP contribution in [0, 0.1) is 0 Å². The van der Waals surface area contributed by atoms with E-state index in [9.17, 15) is 5.11 Å². The Kier molecular flexibility index (Phi) is 6.13. The minimum atomic E-state index is -0.0239. The third kappa shape index (κ3) is 4.51. The molecule has 1 heterocycles. The number of imidazole rings is 1. The second-order valence-electron chi connectivity index (χ2n) is 9.82. The van der Waals surface area contributed by atoms with E-state index in [1.54, 1.807) is 0 Å². The normalized spacial score (nSPS) is 16.4. The van der Waals surface area contributed by atoms with Crippen LogP contribution >= 0.6 is 0 Å². The van der Waals surface area contributed by atoms with E-state index in [1.165, 1.54) is 30.5 Å². The average Bonchev–Trinajstić information content (AvgIpc) is 3.69. The largest absolute Gasteiger partial charge is 0.490 e. The molecule has 0 bridgehead atoms. The molecule has 35 heavy (non-hydrogen) atoms. The fraction of sp³-hybridized carbons (Fsp3) is 0.323. The quantitative estimate of drug-likeness (QED) is 0.309. The highest BCUT2D eigenvalue weighted by Gasteiger charge is 2.32. The molecule has 0 saturated heterocycles. The monoisotopic (exact) mass is 464 g/mol. The van der Waals surface area contributed by atoms with Crippen LogP contribution < -0.4 is 4.74 Å². The first-order valence-electron chi connectivity index (χ1n) is 13.0. The van der Waals surface area contributed by atoms with Gasteiger partial charge in [0, 0.05) is 28.3 Å². The number of nitrogens with zero attached hydrogens (tertiary/aromatic N) is 2. The standard InChI is InChI=1S/C31H32N2O2/c34-21-25-17-16-24(20-28(25)35-27-14-8-3-9-15-27)31-32-29(22-10-4-1-5-11-22)30(33(31)26-18-19-26)23-12-6-2-7-13-23/h1-2,4-7,10-13,16-17,20,26-27,34H,3,8-9,14-15,18-19,21H2.